The van der Waals surface area contributed by atoms with E-state index in [1.54, 1.807) is 0 Å². The van der Waals surface area contributed by atoms with E-state index >= 15 is 0 Å². The molecule has 1 N–H and O–H groups in total. The van der Waals surface area contributed by atoms with Crippen LogP contribution in [0.5, 0.6) is 0 Å². The van der Waals surface area contributed by atoms with Crippen molar-refractivity contribution in [3.05, 3.63) is 28.9 Å². The Morgan fingerprint density at radius 3 is 2.82 bits per heavy atom. The van der Waals surface area contributed by atoms with E-state index in [2.05, 4.69) is 24.3 Å². The van der Waals surface area contributed by atoms with Crippen LogP contribution in [0.1, 0.15) is 51.1 Å². The van der Waals surface area contributed by atoms with Crippen LogP contribution < -0.4 is 5.32 Å². The Labute approximate surface area is 137 Å². The number of piperidine rings is 1. The lowest BCUT2D eigenvalue weighted by Crippen LogP contribution is -2.30. The average molecular weight is 321 g/mol. The molecule has 2 unspecified atom stereocenters. The summed E-state index contributed by atoms with van der Waals surface area (Å²) in [5.74, 6) is 2.09. The van der Waals surface area contributed by atoms with E-state index in [4.69, 9.17) is 16.1 Å². The van der Waals surface area contributed by atoms with Crippen LogP contribution in [-0.4, -0.2) is 18.2 Å². The van der Waals surface area contributed by atoms with Crippen LogP contribution in [0, 0.1) is 11.8 Å². The predicted octanol–water partition coefficient (Wildman–Crippen LogP) is 5.00. The number of hydrogen-bond donors (Lipinski definition) is 1. The second-order valence-corrected chi connectivity index (χ2v) is 7.19. The van der Waals surface area contributed by atoms with Gasteiger partial charge in [-0.15, -0.1) is 0 Å². The van der Waals surface area contributed by atoms with Gasteiger partial charge in [0.25, 0.3) is 0 Å². The van der Waals surface area contributed by atoms with Gasteiger partial charge in [-0.05, 0) is 62.7 Å². The van der Waals surface area contributed by atoms with Crippen molar-refractivity contribution in [1.29, 1.82) is 0 Å². The summed E-state index contributed by atoms with van der Waals surface area (Å²) in [6.07, 6.45) is 5.06. The molecule has 1 aromatic heterocycles. The Morgan fingerprint density at radius 1 is 1.27 bits per heavy atom. The lowest BCUT2D eigenvalue weighted by Gasteiger charge is -2.28. The van der Waals surface area contributed by atoms with Gasteiger partial charge >= 0.3 is 0 Å². The molecule has 3 rings (SSSR count). The highest BCUT2D eigenvalue weighted by atomic mass is 35.5. The molecule has 3 nitrogen and oxygen atoms in total. The lowest BCUT2D eigenvalue weighted by atomic mass is 9.81. The standard InChI is InChI=1S/C18H25ClN2O/c1-12(14-7-9-20-10-8-14)3-4-13(2)18-16-6-5-15(19)11-17(16)22-21-18/h5-6,11-14,20H,3-4,7-10H2,1-2H3. The van der Waals surface area contributed by atoms with Crippen LogP contribution in [0.4, 0.5) is 0 Å². The van der Waals surface area contributed by atoms with Crippen molar-refractivity contribution in [2.75, 3.05) is 13.1 Å². The van der Waals surface area contributed by atoms with Gasteiger partial charge in [0, 0.05) is 22.4 Å². The Bertz CT molecular complexity index is 619. The Balaban J connectivity index is 1.62. The van der Waals surface area contributed by atoms with Gasteiger partial charge in [0.2, 0.25) is 0 Å². The van der Waals surface area contributed by atoms with E-state index in [0.29, 0.717) is 10.9 Å². The SMILES string of the molecule is CC(CCC(C)C1CCNCC1)c1noc2cc(Cl)ccc12. The molecule has 1 aromatic carbocycles. The number of benzene rings is 1. The molecule has 1 aliphatic heterocycles. The number of halogens is 1. The van der Waals surface area contributed by atoms with E-state index in [0.717, 1.165) is 34.9 Å². The first-order valence-corrected chi connectivity index (χ1v) is 8.78. The first-order chi connectivity index (χ1) is 10.6. The molecule has 0 spiro atoms. The molecule has 0 bridgehead atoms. The van der Waals surface area contributed by atoms with Gasteiger partial charge in [0.1, 0.15) is 0 Å². The minimum atomic E-state index is 0.423. The largest absolute Gasteiger partial charge is 0.356 e. The Kier molecular flexibility index (Phi) is 5.04. The predicted molar refractivity (Wildman–Crippen MR) is 91.4 cm³/mol. The van der Waals surface area contributed by atoms with Gasteiger partial charge in [0.15, 0.2) is 5.58 Å². The van der Waals surface area contributed by atoms with Crippen LogP contribution in [0.2, 0.25) is 5.02 Å². The minimum Gasteiger partial charge on any atom is -0.356 e. The van der Waals surface area contributed by atoms with Gasteiger partial charge in [-0.1, -0.05) is 30.6 Å². The highest BCUT2D eigenvalue weighted by Crippen LogP contribution is 2.32. The summed E-state index contributed by atoms with van der Waals surface area (Å²) in [4.78, 5) is 0. The smallest absolute Gasteiger partial charge is 0.168 e. The summed E-state index contributed by atoms with van der Waals surface area (Å²) in [7, 11) is 0. The molecular formula is C18H25ClN2O. The first-order valence-electron chi connectivity index (χ1n) is 8.40. The molecular weight excluding hydrogens is 296 g/mol. The maximum absolute atomic E-state index is 6.00. The fourth-order valence-corrected chi connectivity index (χ4v) is 3.75. The summed E-state index contributed by atoms with van der Waals surface area (Å²) < 4.78 is 5.43. The molecule has 1 fully saturated rings. The molecule has 0 saturated carbocycles. The van der Waals surface area contributed by atoms with Crippen LogP contribution in [0.3, 0.4) is 0 Å². The third kappa shape index (κ3) is 3.47. The molecule has 1 saturated heterocycles. The van der Waals surface area contributed by atoms with Gasteiger partial charge < -0.3 is 9.84 Å². The highest BCUT2D eigenvalue weighted by Gasteiger charge is 2.22. The molecule has 0 radical (unpaired) electrons. The van der Waals surface area contributed by atoms with Crippen molar-refractivity contribution < 1.29 is 4.52 Å². The Hall–Kier alpha value is -1.06. The first kappa shape index (κ1) is 15.8. The highest BCUT2D eigenvalue weighted by molar-refractivity contribution is 6.31. The normalized spacial score (nSPS) is 19.4. The summed E-state index contributed by atoms with van der Waals surface area (Å²) in [5, 5.41) is 9.53. The van der Waals surface area contributed by atoms with Crippen molar-refractivity contribution in [1.82, 2.24) is 10.5 Å². The van der Waals surface area contributed by atoms with Gasteiger partial charge in [-0.3, -0.25) is 0 Å². The van der Waals surface area contributed by atoms with Crippen LogP contribution in [0.25, 0.3) is 11.0 Å². The van der Waals surface area contributed by atoms with E-state index in [1.807, 2.05) is 18.2 Å². The second-order valence-electron chi connectivity index (χ2n) is 6.75. The number of aromatic nitrogens is 1. The van der Waals surface area contributed by atoms with Crippen molar-refractivity contribution in [3.8, 4) is 0 Å². The monoisotopic (exact) mass is 320 g/mol. The molecule has 22 heavy (non-hydrogen) atoms. The summed E-state index contributed by atoms with van der Waals surface area (Å²) in [6, 6.07) is 5.78. The van der Waals surface area contributed by atoms with Gasteiger partial charge in [-0.2, -0.15) is 0 Å². The number of nitrogens with one attached hydrogen (secondary N) is 1. The fraction of sp³-hybridized carbons (Fsp3) is 0.611. The zero-order valence-electron chi connectivity index (χ0n) is 13.4. The average Bonchev–Trinajstić information content (AvgIpc) is 2.96. The van der Waals surface area contributed by atoms with Gasteiger partial charge in [-0.25, -0.2) is 0 Å². The van der Waals surface area contributed by atoms with Crippen molar-refractivity contribution in [2.45, 2.75) is 45.4 Å². The van der Waals surface area contributed by atoms with E-state index < -0.39 is 0 Å². The number of rotatable bonds is 5. The number of fused-ring (bicyclic) bond motifs is 1. The maximum Gasteiger partial charge on any atom is 0.168 e. The maximum atomic E-state index is 6.00. The minimum absolute atomic E-state index is 0.423. The fourth-order valence-electron chi connectivity index (χ4n) is 3.58. The molecule has 0 amide bonds. The summed E-state index contributed by atoms with van der Waals surface area (Å²) in [6.45, 7) is 7.02. The van der Waals surface area contributed by atoms with Crippen molar-refractivity contribution in [2.24, 2.45) is 11.8 Å². The molecule has 2 heterocycles. The van der Waals surface area contributed by atoms with E-state index in [-0.39, 0.29) is 0 Å². The zero-order chi connectivity index (χ0) is 15.5. The quantitative estimate of drug-likeness (QED) is 0.842. The number of nitrogens with zero attached hydrogens (tertiary/aromatic N) is 1. The summed E-state index contributed by atoms with van der Waals surface area (Å²) in [5.41, 5.74) is 1.87. The molecule has 0 aliphatic carbocycles. The van der Waals surface area contributed by atoms with Gasteiger partial charge in [0.05, 0.1) is 5.69 Å². The third-order valence-electron chi connectivity index (χ3n) is 5.17. The molecule has 2 aromatic rings. The second kappa shape index (κ2) is 7.01. The molecule has 120 valence electrons. The Morgan fingerprint density at radius 2 is 2.05 bits per heavy atom. The van der Waals surface area contributed by atoms with Crippen molar-refractivity contribution >= 4 is 22.6 Å². The third-order valence-corrected chi connectivity index (χ3v) is 5.41. The van der Waals surface area contributed by atoms with Crippen LogP contribution in [0.15, 0.2) is 22.7 Å². The summed E-state index contributed by atoms with van der Waals surface area (Å²) >= 11 is 6.00. The topological polar surface area (TPSA) is 38.1 Å². The molecule has 4 heteroatoms. The van der Waals surface area contributed by atoms with E-state index in [9.17, 15) is 0 Å². The van der Waals surface area contributed by atoms with Crippen LogP contribution >= 0.6 is 11.6 Å². The molecule has 2 atom stereocenters. The van der Waals surface area contributed by atoms with Crippen molar-refractivity contribution in [3.63, 3.8) is 0 Å². The van der Waals surface area contributed by atoms with Crippen LogP contribution in [-0.2, 0) is 0 Å². The zero-order valence-corrected chi connectivity index (χ0v) is 14.2. The number of hydrogen-bond acceptors (Lipinski definition) is 3. The van der Waals surface area contributed by atoms with E-state index in [1.165, 1.54) is 32.4 Å². The molecule has 1 aliphatic rings. The lowest BCUT2D eigenvalue weighted by molar-refractivity contribution is 0.256.